The molecule has 1 saturated heterocycles. The Balaban J connectivity index is 1.73. The topological polar surface area (TPSA) is 45.2 Å². The third kappa shape index (κ3) is 5.89. The minimum Gasteiger partial charge on any atom is -0.347 e. The summed E-state index contributed by atoms with van der Waals surface area (Å²) in [5.41, 5.74) is 1.94. The van der Waals surface area contributed by atoms with Crippen molar-refractivity contribution in [2.24, 2.45) is 11.3 Å². The summed E-state index contributed by atoms with van der Waals surface area (Å²) in [5, 5.41) is 3.32. The molecule has 1 aromatic heterocycles. The Morgan fingerprint density at radius 1 is 1.17 bits per heavy atom. The van der Waals surface area contributed by atoms with Crippen LogP contribution in [0.25, 0.3) is 0 Å². The number of benzene rings is 1. The van der Waals surface area contributed by atoms with Crippen molar-refractivity contribution in [3.8, 4) is 0 Å². The van der Waals surface area contributed by atoms with Crippen molar-refractivity contribution in [1.82, 2.24) is 15.2 Å². The van der Waals surface area contributed by atoms with Crippen LogP contribution in [0.3, 0.4) is 0 Å². The molecule has 2 heterocycles. The minimum atomic E-state index is -0.413. The lowest BCUT2D eigenvalue weighted by Crippen LogP contribution is -2.46. The van der Waals surface area contributed by atoms with Gasteiger partial charge in [-0.3, -0.25) is 9.78 Å². The highest BCUT2D eigenvalue weighted by atomic mass is 16.2. The summed E-state index contributed by atoms with van der Waals surface area (Å²) >= 11 is 0. The van der Waals surface area contributed by atoms with Crippen LogP contribution in [0.15, 0.2) is 54.7 Å². The Kier molecular flexibility index (Phi) is 7.07. The van der Waals surface area contributed by atoms with Crippen LogP contribution in [0.2, 0.25) is 0 Å². The van der Waals surface area contributed by atoms with Gasteiger partial charge < -0.3 is 10.2 Å². The number of likely N-dealkylation sites (tertiary alicyclic amines) is 1. The van der Waals surface area contributed by atoms with Gasteiger partial charge in [0, 0.05) is 24.7 Å². The number of nitrogens with zero attached hydrogens (tertiary/aromatic N) is 2. The van der Waals surface area contributed by atoms with Gasteiger partial charge in [-0.05, 0) is 48.9 Å². The fraction of sp³-hybridized carbons (Fsp3) is 0.520. The molecule has 4 heteroatoms. The minimum absolute atomic E-state index is 0.0437. The zero-order valence-corrected chi connectivity index (χ0v) is 18.3. The average molecular weight is 394 g/mol. The fourth-order valence-corrected chi connectivity index (χ4v) is 4.15. The number of piperidine rings is 1. The molecule has 29 heavy (non-hydrogen) atoms. The van der Waals surface area contributed by atoms with Crippen LogP contribution >= 0.6 is 0 Å². The van der Waals surface area contributed by atoms with Crippen molar-refractivity contribution >= 4 is 5.91 Å². The summed E-state index contributed by atoms with van der Waals surface area (Å²) in [7, 11) is 0. The van der Waals surface area contributed by atoms with Crippen LogP contribution in [-0.2, 0) is 4.79 Å². The number of amides is 1. The van der Waals surface area contributed by atoms with Gasteiger partial charge in [-0.25, -0.2) is 0 Å². The number of pyridine rings is 1. The molecule has 0 bridgehead atoms. The van der Waals surface area contributed by atoms with Gasteiger partial charge in [-0.1, -0.05) is 64.1 Å². The summed E-state index contributed by atoms with van der Waals surface area (Å²) in [5.74, 6) is 0.947. The number of hydrogen-bond acceptors (Lipinski definition) is 3. The summed E-state index contributed by atoms with van der Waals surface area (Å²) in [6.07, 6.45) is 4.09. The van der Waals surface area contributed by atoms with Gasteiger partial charge in [-0.15, -0.1) is 0 Å². The lowest BCUT2D eigenvalue weighted by atomic mass is 9.86. The molecule has 2 aromatic rings. The van der Waals surface area contributed by atoms with Crippen molar-refractivity contribution in [2.45, 2.75) is 52.5 Å². The highest BCUT2D eigenvalue weighted by Crippen LogP contribution is 2.31. The van der Waals surface area contributed by atoms with Crippen LogP contribution < -0.4 is 5.32 Å². The molecule has 1 aliphatic rings. The first-order chi connectivity index (χ1) is 13.8. The Bertz CT molecular complexity index is 770. The molecule has 4 nitrogen and oxygen atoms in total. The van der Waals surface area contributed by atoms with Crippen molar-refractivity contribution < 1.29 is 4.79 Å². The second kappa shape index (κ2) is 9.53. The molecule has 3 atom stereocenters. The molecule has 3 rings (SSSR count). The first-order valence-electron chi connectivity index (χ1n) is 10.8. The quantitative estimate of drug-likeness (QED) is 0.767. The normalized spacial score (nSPS) is 20.1. The predicted molar refractivity (Wildman–Crippen MR) is 119 cm³/mol. The predicted octanol–water partition coefficient (Wildman–Crippen LogP) is 4.80. The number of carbonyl (C=O) groups excluding carboxylic acids is 1. The van der Waals surface area contributed by atoms with Gasteiger partial charge in [0.15, 0.2) is 0 Å². The Morgan fingerprint density at radius 2 is 1.90 bits per heavy atom. The number of aromatic nitrogens is 1. The maximum Gasteiger partial charge on any atom is 0.225 e. The van der Waals surface area contributed by atoms with Crippen molar-refractivity contribution in [2.75, 3.05) is 19.6 Å². The van der Waals surface area contributed by atoms with Gasteiger partial charge in [0.25, 0.3) is 0 Å². The van der Waals surface area contributed by atoms with Crippen molar-refractivity contribution in [3.05, 3.63) is 66.0 Å². The van der Waals surface area contributed by atoms with E-state index in [4.69, 9.17) is 0 Å². The Morgan fingerprint density at radius 3 is 2.55 bits per heavy atom. The first kappa shape index (κ1) is 21.5. The number of carbonyl (C=O) groups is 1. The van der Waals surface area contributed by atoms with Crippen LogP contribution in [0, 0.1) is 11.3 Å². The number of rotatable bonds is 6. The molecule has 1 aliphatic heterocycles. The van der Waals surface area contributed by atoms with Gasteiger partial charge in [0.05, 0.1) is 11.7 Å². The maximum atomic E-state index is 12.8. The second-order valence-corrected chi connectivity index (χ2v) is 9.43. The van der Waals surface area contributed by atoms with E-state index in [-0.39, 0.29) is 11.9 Å². The monoisotopic (exact) mass is 393 g/mol. The van der Waals surface area contributed by atoms with Gasteiger partial charge in [0.2, 0.25) is 5.91 Å². The van der Waals surface area contributed by atoms with E-state index in [2.05, 4.69) is 52.5 Å². The molecule has 1 fully saturated rings. The molecular formula is C25H35N3O. The molecule has 0 saturated carbocycles. The standard InChI is InChI=1S/C25H35N3O/c1-19(20-11-6-5-7-12-20)17-28-16-10-13-21(18-28)23(22-14-8-9-15-26-22)27-24(29)25(2,3)4/h5-9,11-12,14-15,19,21,23H,10,13,16-18H2,1-4H3,(H,27,29)/t19-,21+,23+/m1/s1. The lowest BCUT2D eigenvalue weighted by Gasteiger charge is -2.39. The molecule has 0 radical (unpaired) electrons. The smallest absolute Gasteiger partial charge is 0.225 e. The first-order valence-corrected chi connectivity index (χ1v) is 10.8. The molecule has 1 N–H and O–H groups in total. The van der Waals surface area contributed by atoms with E-state index in [1.165, 1.54) is 5.56 Å². The number of nitrogens with one attached hydrogen (secondary N) is 1. The van der Waals surface area contributed by atoms with E-state index < -0.39 is 5.41 Å². The lowest BCUT2D eigenvalue weighted by molar-refractivity contribution is -0.130. The molecule has 0 spiro atoms. The summed E-state index contributed by atoms with van der Waals surface area (Å²) in [6.45, 7) is 11.4. The SMILES string of the molecule is C[C@H](CN1CCC[C@H]([C@H](NC(=O)C(C)(C)C)c2ccccn2)C1)c1ccccc1. The zero-order chi connectivity index (χ0) is 20.9. The highest BCUT2D eigenvalue weighted by molar-refractivity contribution is 5.81. The van der Waals surface area contributed by atoms with E-state index in [1.807, 2.05) is 45.2 Å². The van der Waals surface area contributed by atoms with E-state index in [9.17, 15) is 4.79 Å². The third-order valence-corrected chi connectivity index (χ3v) is 5.89. The second-order valence-electron chi connectivity index (χ2n) is 9.43. The fourth-order valence-electron chi connectivity index (χ4n) is 4.15. The van der Waals surface area contributed by atoms with E-state index in [0.29, 0.717) is 11.8 Å². The van der Waals surface area contributed by atoms with Crippen molar-refractivity contribution in [1.29, 1.82) is 0 Å². The van der Waals surface area contributed by atoms with E-state index in [0.717, 1.165) is 38.2 Å². The van der Waals surface area contributed by atoms with Gasteiger partial charge >= 0.3 is 0 Å². The number of hydrogen-bond donors (Lipinski definition) is 1. The van der Waals surface area contributed by atoms with E-state index >= 15 is 0 Å². The third-order valence-electron chi connectivity index (χ3n) is 5.89. The molecule has 156 valence electrons. The molecule has 1 aromatic carbocycles. The zero-order valence-electron chi connectivity index (χ0n) is 18.3. The summed E-state index contributed by atoms with van der Waals surface area (Å²) < 4.78 is 0. The molecule has 0 aliphatic carbocycles. The van der Waals surface area contributed by atoms with Crippen molar-refractivity contribution in [3.63, 3.8) is 0 Å². The maximum absolute atomic E-state index is 12.8. The Hall–Kier alpha value is -2.20. The largest absolute Gasteiger partial charge is 0.347 e. The Labute approximate surface area is 175 Å². The molecule has 1 amide bonds. The van der Waals surface area contributed by atoms with Crippen LogP contribution in [0.5, 0.6) is 0 Å². The van der Waals surface area contributed by atoms with Crippen LogP contribution in [0.1, 0.15) is 63.8 Å². The average Bonchev–Trinajstić information content (AvgIpc) is 2.72. The molecular weight excluding hydrogens is 358 g/mol. The van der Waals surface area contributed by atoms with Crippen LogP contribution in [0.4, 0.5) is 0 Å². The highest BCUT2D eigenvalue weighted by Gasteiger charge is 2.33. The summed E-state index contributed by atoms with van der Waals surface area (Å²) in [4.78, 5) is 19.9. The van der Waals surface area contributed by atoms with Gasteiger partial charge in [0.1, 0.15) is 0 Å². The van der Waals surface area contributed by atoms with Gasteiger partial charge in [-0.2, -0.15) is 0 Å². The molecule has 0 unspecified atom stereocenters. The van der Waals surface area contributed by atoms with E-state index in [1.54, 1.807) is 0 Å². The summed E-state index contributed by atoms with van der Waals surface area (Å²) in [6, 6.07) is 16.7. The van der Waals surface area contributed by atoms with Crippen LogP contribution in [-0.4, -0.2) is 35.4 Å².